The van der Waals surface area contributed by atoms with Crippen LogP contribution in [0.4, 0.5) is 0 Å². The van der Waals surface area contributed by atoms with Gasteiger partial charge in [-0.15, -0.1) is 0 Å². The highest BCUT2D eigenvalue weighted by Crippen LogP contribution is 2.29. The first-order valence-electron chi connectivity index (χ1n) is 8.53. The molecule has 1 atom stereocenters. The van der Waals surface area contributed by atoms with Crippen LogP contribution in [0.25, 0.3) is 0 Å². The summed E-state index contributed by atoms with van der Waals surface area (Å²) >= 11 is 7.79. The topological polar surface area (TPSA) is 67.8 Å². The van der Waals surface area contributed by atoms with Gasteiger partial charge in [-0.2, -0.15) is 11.8 Å². The Hall–Kier alpha value is -1.89. The first-order chi connectivity index (χ1) is 13.0. The van der Waals surface area contributed by atoms with Gasteiger partial charge >= 0.3 is 5.97 Å². The van der Waals surface area contributed by atoms with Gasteiger partial charge in [0.15, 0.2) is 11.5 Å². The van der Waals surface area contributed by atoms with Crippen molar-refractivity contribution in [1.82, 2.24) is 5.32 Å². The van der Waals surface area contributed by atoms with Crippen LogP contribution in [0.2, 0.25) is 5.02 Å². The van der Waals surface area contributed by atoms with E-state index in [2.05, 4.69) is 5.32 Å². The highest BCUT2D eigenvalue weighted by atomic mass is 35.5. The normalized spacial score (nSPS) is 11.8. The lowest BCUT2D eigenvalue weighted by atomic mass is 10.1. The van der Waals surface area contributed by atoms with E-state index in [9.17, 15) is 9.90 Å². The van der Waals surface area contributed by atoms with Crippen LogP contribution < -0.4 is 14.8 Å². The number of carboxylic acid groups (broad SMARTS) is 1. The molecule has 1 unspecified atom stereocenters. The lowest BCUT2D eigenvalue weighted by molar-refractivity contribution is -0.139. The summed E-state index contributed by atoms with van der Waals surface area (Å²) < 4.78 is 11.3. The van der Waals surface area contributed by atoms with Gasteiger partial charge in [-0.3, -0.25) is 4.79 Å². The number of aliphatic carboxylic acids is 1. The number of nitrogens with one attached hydrogen (secondary N) is 1. The summed E-state index contributed by atoms with van der Waals surface area (Å²) in [5.74, 6) is 1.16. The van der Waals surface area contributed by atoms with Gasteiger partial charge in [0, 0.05) is 17.1 Å². The molecule has 27 heavy (non-hydrogen) atoms. The Kier molecular flexibility index (Phi) is 8.78. The smallest absolute Gasteiger partial charge is 0.320 e. The highest BCUT2D eigenvalue weighted by Gasteiger charge is 2.16. The number of rotatable bonds is 11. The van der Waals surface area contributed by atoms with E-state index in [1.54, 1.807) is 18.9 Å². The summed E-state index contributed by atoms with van der Waals surface area (Å²) in [6.07, 6.45) is 2.54. The molecule has 0 spiro atoms. The molecule has 0 aliphatic carbocycles. The number of carbonyl (C=O) groups is 1. The standard InChI is InChI=1S/C20H24ClNO4S/c1-25-19-11-14(12-22-17(20(23)24)9-10-27-2)7-8-18(19)26-13-15-5-3-4-6-16(15)21/h3-8,11,17,22H,9-10,12-13H2,1-2H3,(H,23,24). The van der Waals surface area contributed by atoms with Crippen LogP contribution in [-0.2, 0) is 17.9 Å². The number of benzene rings is 2. The summed E-state index contributed by atoms with van der Waals surface area (Å²) in [4.78, 5) is 11.3. The number of halogens is 1. The van der Waals surface area contributed by atoms with Crippen molar-refractivity contribution in [2.45, 2.75) is 25.6 Å². The predicted octanol–water partition coefficient (Wildman–Crippen LogP) is 4.22. The maximum Gasteiger partial charge on any atom is 0.320 e. The largest absolute Gasteiger partial charge is 0.493 e. The fourth-order valence-corrected chi connectivity index (χ4v) is 3.16. The van der Waals surface area contributed by atoms with Gasteiger partial charge in [0.2, 0.25) is 0 Å². The zero-order valence-corrected chi connectivity index (χ0v) is 17.0. The van der Waals surface area contributed by atoms with E-state index < -0.39 is 12.0 Å². The van der Waals surface area contributed by atoms with Crippen LogP contribution in [-0.4, -0.2) is 36.2 Å². The molecule has 0 amide bonds. The Labute approximate surface area is 169 Å². The van der Waals surface area contributed by atoms with Crippen LogP contribution in [0.15, 0.2) is 42.5 Å². The molecule has 2 rings (SSSR count). The number of methoxy groups -OCH3 is 1. The molecular weight excluding hydrogens is 386 g/mol. The monoisotopic (exact) mass is 409 g/mol. The van der Waals surface area contributed by atoms with Crippen molar-refractivity contribution >= 4 is 29.3 Å². The van der Waals surface area contributed by atoms with Crippen molar-refractivity contribution in [3.05, 3.63) is 58.6 Å². The average Bonchev–Trinajstić information content (AvgIpc) is 2.67. The molecule has 0 heterocycles. The summed E-state index contributed by atoms with van der Waals surface area (Å²) in [7, 11) is 1.58. The fourth-order valence-electron chi connectivity index (χ4n) is 2.50. The van der Waals surface area contributed by atoms with Crippen molar-refractivity contribution in [3.8, 4) is 11.5 Å². The van der Waals surface area contributed by atoms with Gasteiger partial charge in [0.05, 0.1) is 7.11 Å². The fraction of sp³-hybridized carbons (Fsp3) is 0.350. The summed E-state index contributed by atoms with van der Waals surface area (Å²) in [5, 5.41) is 13.0. The van der Waals surface area contributed by atoms with E-state index in [0.29, 0.717) is 36.1 Å². The maximum atomic E-state index is 11.3. The van der Waals surface area contributed by atoms with E-state index in [1.807, 2.05) is 48.7 Å². The lowest BCUT2D eigenvalue weighted by Gasteiger charge is -2.16. The summed E-state index contributed by atoms with van der Waals surface area (Å²) in [5.41, 5.74) is 1.82. The number of hydrogen-bond acceptors (Lipinski definition) is 5. The Morgan fingerprint density at radius 1 is 1.26 bits per heavy atom. The molecule has 0 fully saturated rings. The number of thioether (sulfide) groups is 1. The average molecular weight is 410 g/mol. The quantitative estimate of drug-likeness (QED) is 0.579. The first-order valence-corrected chi connectivity index (χ1v) is 10.3. The zero-order chi connectivity index (χ0) is 19.6. The molecular formula is C20H24ClNO4S. The first kappa shape index (κ1) is 21.4. The SMILES string of the molecule is COc1cc(CNC(CCSC)C(=O)O)ccc1OCc1ccccc1Cl. The van der Waals surface area contributed by atoms with Crippen molar-refractivity contribution in [3.63, 3.8) is 0 Å². The molecule has 2 N–H and O–H groups in total. The molecule has 0 saturated carbocycles. The highest BCUT2D eigenvalue weighted by molar-refractivity contribution is 7.98. The second-order valence-corrected chi connectivity index (χ2v) is 7.31. The molecule has 0 aliphatic rings. The van der Waals surface area contributed by atoms with Crippen molar-refractivity contribution in [2.75, 3.05) is 19.1 Å². The van der Waals surface area contributed by atoms with E-state index in [-0.39, 0.29) is 0 Å². The second kappa shape index (κ2) is 11.1. The Balaban J connectivity index is 2.00. The van der Waals surface area contributed by atoms with Crippen molar-refractivity contribution < 1.29 is 19.4 Å². The number of ether oxygens (including phenoxy) is 2. The van der Waals surface area contributed by atoms with Gasteiger partial charge < -0.3 is 19.9 Å². The van der Waals surface area contributed by atoms with E-state index in [4.69, 9.17) is 21.1 Å². The third kappa shape index (κ3) is 6.65. The van der Waals surface area contributed by atoms with Gasteiger partial charge in [-0.05, 0) is 42.2 Å². The van der Waals surface area contributed by atoms with Gasteiger partial charge in [-0.1, -0.05) is 35.9 Å². The molecule has 2 aromatic rings. The number of carboxylic acids is 1. The number of hydrogen-bond donors (Lipinski definition) is 2. The third-order valence-corrected chi connectivity index (χ3v) is 5.04. The predicted molar refractivity (Wildman–Crippen MR) is 110 cm³/mol. The zero-order valence-electron chi connectivity index (χ0n) is 15.4. The van der Waals surface area contributed by atoms with Crippen LogP contribution in [0, 0.1) is 0 Å². The Morgan fingerprint density at radius 3 is 2.70 bits per heavy atom. The summed E-state index contributed by atoms with van der Waals surface area (Å²) in [6.45, 7) is 0.774. The minimum atomic E-state index is -0.837. The van der Waals surface area contributed by atoms with Crippen molar-refractivity contribution in [1.29, 1.82) is 0 Å². The van der Waals surface area contributed by atoms with E-state index in [0.717, 1.165) is 16.9 Å². The molecule has 146 valence electrons. The second-order valence-electron chi connectivity index (χ2n) is 5.92. The van der Waals surface area contributed by atoms with Gasteiger partial charge in [0.25, 0.3) is 0 Å². The Bertz CT molecular complexity index is 757. The van der Waals surface area contributed by atoms with Crippen LogP contribution >= 0.6 is 23.4 Å². The molecule has 2 aromatic carbocycles. The molecule has 7 heteroatoms. The van der Waals surface area contributed by atoms with Crippen LogP contribution in [0.5, 0.6) is 11.5 Å². The summed E-state index contributed by atoms with van der Waals surface area (Å²) in [6, 6.07) is 12.5. The third-order valence-electron chi connectivity index (χ3n) is 4.03. The minimum absolute atomic E-state index is 0.337. The molecule has 0 aliphatic heterocycles. The molecule has 0 radical (unpaired) electrons. The Morgan fingerprint density at radius 2 is 2.04 bits per heavy atom. The van der Waals surface area contributed by atoms with E-state index in [1.165, 1.54) is 0 Å². The maximum absolute atomic E-state index is 11.3. The lowest BCUT2D eigenvalue weighted by Crippen LogP contribution is -2.36. The molecule has 5 nitrogen and oxygen atoms in total. The molecule has 0 saturated heterocycles. The van der Waals surface area contributed by atoms with Crippen LogP contribution in [0.3, 0.4) is 0 Å². The minimum Gasteiger partial charge on any atom is -0.493 e. The van der Waals surface area contributed by atoms with Gasteiger partial charge in [-0.25, -0.2) is 0 Å². The van der Waals surface area contributed by atoms with Crippen LogP contribution in [0.1, 0.15) is 17.5 Å². The van der Waals surface area contributed by atoms with Gasteiger partial charge in [0.1, 0.15) is 12.6 Å². The van der Waals surface area contributed by atoms with Crippen molar-refractivity contribution in [2.24, 2.45) is 0 Å². The molecule has 0 aromatic heterocycles. The molecule has 0 bridgehead atoms. The van der Waals surface area contributed by atoms with E-state index >= 15 is 0 Å².